The van der Waals surface area contributed by atoms with E-state index in [-0.39, 0.29) is 6.04 Å². The molecule has 19 heavy (non-hydrogen) atoms. The first-order valence-electron chi connectivity index (χ1n) is 6.70. The van der Waals surface area contributed by atoms with Crippen molar-refractivity contribution in [2.24, 2.45) is 5.84 Å². The number of nitrogens with zero attached hydrogens (tertiary/aromatic N) is 2. The number of hydrazine groups is 1. The fourth-order valence-electron chi connectivity index (χ4n) is 2.48. The summed E-state index contributed by atoms with van der Waals surface area (Å²) < 4.78 is 2.04. The molecule has 1 atom stereocenters. The van der Waals surface area contributed by atoms with E-state index >= 15 is 0 Å². The summed E-state index contributed by atoms with van der Waals surface area (Å²) in [6.45, 7) is 7.12. The summed E-state index contributed by atoms with van der Waals surface area (Å²) in [6.07, 6.45) is 0.843. The Morgan fingerprint density at radius 1 is 1.32 bits per heavy atom. The van der Waals surface area contributed by atoms with Crippen LogP contribution in [0, 0.1) is 13.8 Å². The molecule has 4 nitrogen and oxygen atoms in total. The van der Waals surface area contributed by atoms with Crippen molar-refractivity contribution in [2.45, 2.75) is 39.8 Å². The van der Waals surface area contributed by atoms with Gasteiger partial charge in [0.05, 0.1) is 11.7 Å². The standard InChI is InChI=1S/C15H22N4/c1-4-19-13(9-12(3)18-19)10-15(17-16)14-8-6-5-7-11(14)2/h5-9,15,17H,4,10,16H2,1-3H3. The third-order valence-electron chi connectivity index (χ3n) is 3.46. The van der Waals surface area contributed by atoms with Crippen LogP contribution < -0.4 is 11.3 Å². The zero-order valence-corrected chi connectivity index (χ0v) is 11.9. The summed E-state index contributed by atoms with van der Waals surface area (Å²) in [5.74, 6) is 5.74. The van der Waals surface area contributed by atoms with Crippen LogP contribution in [-0.2, 0) is 13.0 Å². The van der Waals surface area contributed by atoms with Crippen LogP contribution >= 0.6 is 0 Å². The molecule has 1 unspecified atom stereocenters. The molecule has 0 saturated carbocycles. The molecular formula is C15H22N4. The SMILES string of the molecule is CCn1nc(C)cc1CC(NN)c1ccccc1C. The Balaban J connectivity index is 2.26. The molecule has 0 aliphatic heterocycles. The third-order valence-corrected chi connectivity index (χ3v) is 3.46. The molecule has 4 heteroatoms. The van der Waals surface area contributed by atoms with Crippen LogP contribution in [0.2, 0.25) is 0 Å². The van der Waals surface area contributed by atoms with Crippen LogP contribution in [0.5, 0.6) is 0 Å². The number of aryl methyl sites for hydroxylation is 3. The lowest BCUT2D eigenvalue weighted by Crippen LogP contribution is -2.30. The summed E-state index contributed by atoms with van der Waals surface area (Å²) in [5, 5.41) is 4.48. The Hall–Kier alpha value is -1.65. The molecular weight excluding hydrogens is 236 g/mol. The normalized spacial score (nSPS) is 12.6. The van der Waals surface area contributed by atoms with Gasteiger partial charge < -0.3 is 0 Å². The predicted molar refractivity (Wildman–Crippen MR) is 77.6 cm³/mol. The maximum atomic E-state index is 5.74. The number of benzene rings is 1. The summed E-state index contributed by atoms with van der Waals surface area (Å²) >= 11 is 0. The lowest BCUT2D eigenvalue weighted by atomic mass is 9.98. The Morgan fingerprint density at radius 3 is 2.68 bits per heavy atom. The van der Waals surface area contributed by atoms with Crippen LogP contribution in [0.4, 0.5) is 0 Å². The Kier molecular flexibility index (Phi) is 4.35. The number of hydrogen-bond acceptors (Lipinski definition) is 3. The van der Waals surface area contributed by atoms with Gasteiger partial charge in [0, 0.05) is 18.7 Å². The summed E-state index contributed by atoms with van der Waals surface area (Å²) in [5.41, 5.74) is 7.69. The highest BCUT2D eigenvalue weighted by molar-refractivity contribution is 5.30. The van der Waals surface area contributed by atoms with Crippen molar-refractivity contribution in [3.05, 3.63) is 52.8 Å². The minimum atomic E-state index is 0.114. The van der Waals surface area contributed by atoms with Gasteiger partial charge in [0.15, 0.2) is 0 Å². The first kappa shape index (κ1) is 13.8. The van der Waals surface area contributed by atoms with E-state index in [1.165, 1.54) is 16.8 Å². The van der Waals surface area contributed by atoms with Gasteiger partial charge in [-0.2, -0.15) is 5.10 Å². The van der Waals surface area contributed by atoms with E-state index in [2.05, 4.69) is 48.6 Å². The van der Waals surface area contributed by atoms with Gasteiger partial charge >= 0.3 is 0 Å². The van der Waals surface area contributed by atoms with Gasteiger partial charge in [-0.1, -0.05) is 24.3 Å². The fraction of sp³-hybridized carbons (Fsp3) is 0.400. The van der Waals surface area contributed by atoms with Gasteiger partial charge in [-0.25, -0.2) is 0 Å². The van der Waals surface area contributed by atoms with Crippen LogP contribution in [-0.4, -0.2) is 9.78 Å². The largest absolute Gasteiger partial charge is 0.271 e. The van der Waals surface area contributed by atoms with Crippen molar-refractivity contribution >= 4 is 0 Å². The quantitative estimate of drug-likeness (QED) is 0.639. The lowest BCUT2D eigenvalue weighted by Gasteiger charge is -2.18. The molecule has 1 aromatic carbocycles. The van der Waals surface area contributed by atoms with Crippen LogP contribution in [0.15, 0.2) is 30.3 Å². The van der Waals surface area contributed by atoms with Gasteiger partial charge in [-0.15, -0.1) is 0 Å². The molecule has 102 valence electrons. The van der Waals surface area contributed by atoms with Crippen molar-refractivity contribution in [1.29, 1.82) is 0 Å². The zero-order chi connectivity index (χ0) is 13.8. The fourth-order valence-corrected chi connectivity index (χ4v) is 2.48. The van der Waals surface area contributed by atoms with Gasteiger partial charge in [0.1, 0.15) is 0 Å². The molecule has 0 fully saturated rings. The van der Waals surface area contributed by atoms with Crippen LogP contribution in [0.1, 0.15) is 35.5 Å². The first-order chi connectivity index (χ1) is 9.15. The first-order valence-corrected chi connectivity index (χ1v) is 6.70. The van der Waals surface area contributed by atoms with Crippen molar-refractivity contribution in [3.8, 4) is 0 Å². The third kappa shape index (κ3) is 3.03. The minimum Gasteiger partial charge on any atom is -0.271 e. The van der Waals surface area contributed by atoms with E-state index in [1.807, 2.05) is 17.7 Å². The van der Waals surface area contributed by atoms with E-state index in [9.17, 15) is 0 Å². The van der Waals surface area contributed by atoms with Gasteiger partial charge in [-0.05, 0) is 38.0 Å². The molecule has 2 aromatic rings. The number of nitrogens with two attached hydrogens (primary N) is 1. The number of nitrogens with one attached hydrogen (secondary N) is 1. The van der Waals surface area contributed by atoms with E-state index in [1.54, 1.807) is 0 Å². The highest BCUT2D eigenvalue weighted by Crippen LogP contribution is 2.21. The molecule has 0 aliphatic carbocycles. The molecule has 3 N–H and O–H groups in total. The van der Waals surface area contributed by atoms with Crippen molar-refractivity contribution in [3.63, 3.8) is 0 Å². The molecule has 0 radical (unpaired) electrons. The lowest BCUT2D eigenvalue weighted by molar-refractivity contribution is 0.515. The number of aromatic nitrogens is 2. The average molecular weight is 258 g/mol. The second-order valence-electron chi connectivity index (χ2n) is 4.87. The van der Waals surface area contributed by atoms with Gasteiger partial charge in [0.25, 0.3) is 0 Å². The highest BCUT2D eigenvalue weighted by atomic mass is 15.3. The molecule has 2 rings (SSSR count). The summed E-state index contributed by atoms with van der Waals surface area (Å²) in [7, 11) is 0. The number of rotatable bonds is 5. The second kappa shape index (κ2) is 5.99. The second-order valence-corrected chi connectivity index (χ2v) is 4.87. The van der Waals surface area contributed by atoms with E-state index < -0.39 is 0 Å². The molecule has 1 aromatic heterocycles. The Bertz CT molecular complexity index is 545. The molecule has 0 amide bonds. The maximum absolute atomic E-state index is 5.74. The van der Waals surface area contributed by atoms with E-state index in [0.29, 0.717) is 0 Å². The van der Waals surface area contributed by atoms with Gasteiger partial charge in [0.2, 0.25) is 0 Å². The molecule has 0 bridgehead atoms. The number of hydrogen-bond donors (Lipinski definition) is 2. The molecule has 0 aliphatic rings. The Morgan fingerprint density at radius 2 is 2.05 bits per heavy atom. The Labute approximate surface area is 114 Å². The van der Waals surface area contributed by atoms with Crippen molar-refractivity contribution < 1.29 is 0 Å². The van der Waals surface area contributed by atoms with E-state index in [4.69, 9.17) is 5.84 Å². The molecule has 1 heterocycles. The van der Waals surface area contributed by atoms with Gasteiger partial charge in [-0.3, -0.25) is 16.0 Å². The van der Waals surface area contributed by atoms with Crippen LogP contribution in [0.3, 0.4) is 0 Å². The summed E-state index contributed by atoms with van der Waals surface area (Å²) in [4.78, 5) is 0. The summed E-state index contributed by atoms with van der Waals surface area (Å²) in [6, 6.07) is 10.6. The van der Waals surface area contributed by atoms with E-state index in [0.717, 1.165) is 18.7 Å². The minimum absolute atomic E-state index is 0.114. The topological polar surface area (TPSA) is 55.9 Å². The highest BCUT2D eigenvalue weighted by Gasteiger charge is 2.15. The smallest absolute Gasteiger partial charge is 0.0596 e. The maximum Gasteiger partial charge on any atom is 0.0596 e. The van der Waals surface area contributed by atoms with Crippen molar-refractivity contribution in [2.75, 3.05) is 0 Å². The zero-order valence-electron chi connectivity index (χ0n) is 11.9. The predicted octanol–water partition coefficient (Wildman–Crippen LogP) is 2.27. The van der Waals surface area contributed by atoms with Crippen molar-refractivity contribution in [1.82, 2.24) is 15.2 Å². The monoisotopic (exact) mass is 258 g/mol. The average Bonchev–Trinajstić information content (AvgIpc) is 2.77. The van der Waals surface area contributed by atoms with Crippen LogP contribution in [0.25, 0.3) is 0 Å². The molecule has 0 saturated heterocycles. The molecule has 0 spiro atoms.